The van der Waals surface area contributed by atoms with Crippen molar-refractivity contribution < 1.29 is 18.0 Å². The van der Waals surface area contributed by atoms with Crippen molar-refractivity contribution in [2.24, 2.45) is 10.1 Å². The number of halogens is 3. The number of aliphatic imine (C=N–C) groups is 1. The summed E-state index contributed by atoms with van der Waals surface area (Å²) in [6.45, 7) is 1.67. The Morgan fingerprint density at radius 3 is 2.42 bits per heavy atom. The van der Waals surface area contributed by atoms with Crippen LogP contribution in [0.1, 0.15) is 13.3 Å². The topological polar surface area (TPSA) is 34.0 Å². The molecular formula is C6H9F3N2O. The van der Waals surface area contributed by atoms with E-state index in [1.54, 1.807) is 6.92 Å². The average molecular weight is 182 g/mol. The molecule has 6 heteroatoms. The fourth-order valence-electron chi connectivity index (χ4n) is 0.413. The molecule has 0 rings (SSSR count). The average Bonchev–Trinajstić information content (AvgIpc) is 1.95. The lowest BCUT2D eigenvalue weighted by Gasteiger charge is -2.03. The summed E-state index contributed by atoms with van der Waals surface area (Å²) in [6, 6.07) is 0. The first-order valence-electron chi connectivity index (χ1n) is 3.23. The number of amidine groups is 1. The molecule has 0 fully saturated rings. The molecule has 3 nitrogen and oxygen atoms in total. The van der Waals surface area contributed by atoms with E-state index in [9.17, 15) is 13.2 Å². The Morgan fingerprint density at radius 1 is 1.50 bits per heavy atom. The van der Waals surface area contributed by atoms with Crippen molar-refractivity contribution in [3.8, 4) is 0 Å². The summed E-state index contributed by atoms with van der Waals surface area (Å²) in [5.74, 6) is -1.27. The van der Waals surface area contributed by atoms with Gasteiger partial charge in [0.2, 0.25) is 0 Å². The van der Waals surface area contributed by atoms with Gasteiger partial charge in [-0.1, -0.05) is 12.1 Å². The smallest absolute Gasteiger partial charge is 0.397 e. The number of alkyl halides is 3. The number of rotatable bonds is 2. The molecule has 0 aromatic heterocycles. The maximum Gasteiger partial charge on any atom is 0.454 e. The molecule has 0 aliphatic heterocycles. The van der Waals surface area contributed by atoms with Gasteiger partial charge in [-0.25, -0.2) is 4.99 Å². The summed E-state index contributed by atoms with van der Waals surface area (Å²) < 4.78 is 35.7. The van der Waals surface area contributed by atoms with Gasteiger partial charge in [0.1, 0.15) is 7.11 Å². The first-order valence-corrected chi connectivity index (χ1v) is 3.23. The van der Waals surface area contributed by atoms with Crippen LogP contribution in [0.3, 0.4) is 0 Å². The van der Waals surface area contributed by atoms with Crippen molar-refractivity contribution in [3.05, 3.63) is 0 Å². The predicted molar refractivity (Wildman–Crippen MR) is 39.3 cm³/mol. The number of nitrogens with zero attached hydrogens (tertiary/aromatic N) is 2. The molecule has 0 amide bonds. The first-order chi connectivity index (χ1) is 5.52. The molecule has 0 spiro atoms. The molecule has 0 N–H and O–H groups in total. The molecular weight excluding hydrogens is 173 g/mol. The Bertz CT molecular complexity index is 186. The van der Waals surface area contributed by atoms with E-state index in [-0.39, 0.29) is 0 Å². The van der Waals surface area contributed by atoms with Gasteiger partial charge in [-0.15, -0.1) is 0 Å². The van der Waals surface area contributed by atoms with E-state index in [1.807, 2.05) is 0 Å². The second-order valence-electron chi connectivity index (χ2n) is 1.82. The SMILES string of the molecule is CCC=N/C(=N\OC)C(F)(F)F. The van der Waals surface area contributed by atoms with Crippen LogP contribution in [-0.2, 0) is 4.84 Å². The highest BCUT2D eigenvalue weighted by Gasteiger charge is 2.36. The zero-order chi connectivity index (χ0) is 9.61. The number of hydrogen-bond acceptors (Lipinski definition) is 2. The van der Waals surface area contributed by atoms with Crippen LogP contribution in [0.5, 0.6) is 0 Å². The van der Waals surface area contributed by atoms with Crippen molar-refractivity contribution >= 4 is 12.1 Å². The third-order valence-electron chi connectivity index (χ3n) is 0.827. The molecule has 0 saturated carbocycles. The lowest BCUT2D eigenvalue weighted by molar-refractivity contribution is -0.0625. The minimum Gasteiger partial charge on any atom is -0.397 e. The third-order valence-corrected chi connectivity index (χ3v) is 0.827. The van der Waals surface area contributed by atoms with Crippen LogP contribution in [0.15, 0.2) is 10.1 Å². The lowest BCUT2D eigenvalue weighted by atomic mass is 10.5. The first kappa shape index (κ1) is 10.9. The molecule has 0 radical (unpaired) electrons. The monoisotopic (exact) mass is 182 g/mol. The zero-order valence-electron chi connectivity index (χ0n) is 6.72. The lowest BCUT2D eigenvalue weighted by Crippen LogP contribution is -2.21. The van der Waals surface area contributed by atoms with E-state index in [1.165, 1.54) is 0 Å². The highest BCUT2D eigenvalue weighted by molar-refractivity contribution is 5.93. The summed E-state index contributed by atoms with van der Waals surface area (Å²) in [5.41, 5.74) is 0. The van der Waals surface area contributed by atoms with Crippen LogP contribution >= 0.6 is 0 Å². The largest absolute Gasteiger partial charge is 0.454 e. The van der Waals surface area contributed by atoms with Gasteiger partial charge in [0.05, 0.1) is 0 Å². The van der Waals surface area contributed by atoms with Crippen molar-refractivity contribution in [2.45, 2.75) is 19.5 Å². The van der Waals surface area contributed by atoms with Crippen molar-refractivity contribution in [3.63, 3.8) is 0 Å². The van der Waals surface area contributed by atoms with Crippen LogP contribution < -0.4 is 0 Å². The minimum atomic E-state index is -4.55. The highest BCUT2D eigenvalue weighted by Crippen LogP contribution is 2.17. The van der Waals surface area contributed by atoms with Gasteiger partial charge >= 0.3 is 6.18 Å². The van der Waals surface area contributed by atoms with Gasteiger partial charge in [0, 0.05) is 6.21 Å². The van der Waals surface area contributed by atoms with Crippen LogP contribution in [0.25, 0.3) is 0 Å². The molecule has 0 aliphatic carbocycles. The van der Waals surface area contributed by atoms with Gasteiger partial charge in [0.15, 0.2) is 0 Å². The van der Waals surface area contributed by atoms with Crippen LogP contribution in [0.4, 0.5) is 13.2 Å². The highest BCUT2D eigenvalue weighted by atomic mass is 19.4. The summed E-state index contributed by atoms with van der Waals surface area (Å²) in [7, 11) is 1.03. The van der Waals surface area contributed by atoms with Gasteiger partial charge in [-0.2, -0.15) is 13.2 Å². The van der Waals surface area contributed by atoms with E-state index < -0.39 is 12.0 Å². The van der Waals surface area contributed by atoms with Crippen LogP contribution in [0.2, 0.25) is 0 Å². The second-order valence-corrected chi connectivity index (χ2v) is 1.82. The fraction of sp³-hybridized carbons (Fsp3) is 0.667. The molecule has 0 heterocycles. The van der Waals surface area contributed by atoms with E-state index >= 15 is 0 Å². The van der Waals surface area contributed by atoms with E-state index in [0.29, 0.717) is 6.42 Å². The minimum absolute atomic E-state index is 0.415. The number of hydrogen-bond donors (Lipinski definition) is 0. The molecule has 0 saturated heterocycles. The van der Waals surface area contributed by atoms with Crippen LogP contribution in [-0.4, -0.2) is 25.3 Å². The van der Waals surface area contributed by atoms with Gasteiger partial charge in [-0.3, -0.25) is 0 Å². The molecule has 0 aromatic rings. The quantitative estimate of drug-likeness (QED) is 0.365. The van der Waals surface area contributed by atoms with Gasteiger partial charge in [-0.05, 0) is 6.42 Å². The van der Waals surface area contributed by atoms with Crippen molar-refractivity contribution in [1.82, 2.24) is 0 Å². The third kappa shape index (κ3) is 3.95. The standard InChI is InChI=1S/C6H9F3N2O/c1-3-4-10-5(11-12-2)6(7,8)9/h4H,3H2,1-2H3/b10-4?,11-5-. The van der Waals surface area contributed by atoms with E-state index in [2.05, 4.69) is 15.0 Å². The predicted octanol–water partition coefficient (Wildman–Crippen LogP) is 1.99. The summed E-state index contributed by atoms with van der Waals surface area (Å²) in [6.07, 6.45) is -3.02. The molecule has 0 aromatic carbocycles. The second kappa shape index (κ2) is 4.74. The Hall–Kier alpha value is -1.07. The molecule has 0 unspecified atom stereocenters. The molecule has 0 bridgehead atoms. The van der Waals surface area contributed by atoms with E-state index in [0.717, 1.165) is 13.3 Å². The zero-order valence-corrected chi connectivity index (χ0v) is 6.72. The summed E-state index contributed by atoms with van der Waals surface area (Å²) >= 11 is 0. The maximum absolute atomic E-state index is 11.9. The normalized spacial score (nSPS) is 13.9. The Morgan fingerprint density at radius 2 is 2.08 bits per heavy atom. The summed E-state index contributed by atoms with van der Waals surface area (Å²) in [4.78, 5) is 7.06. The van der Waals surface area contributed by atoms with Gasteiger partial charge in [0.25, 0.3) is 5.84 Å². The molecule has 70 valence electrons. The Balaban J connectivity index is 4.46. The molecule has 0 aliphatic rings. The fourth-order valence-corrected chi connectivity index (χ4v) is 0.413. The Labute approximate surface area is 67.9 Å². The van der Waals surface area contributed by atoms with Crippen LogP contribution in [0, 0.1) is 0 Å². The Kier molecular flexibility index (Phi) is 4.31. The van der Waals surface area contributed by atoms with Crippen molar-refractivity contribution in [1.29, 1.82) is 0 Å². The van der Waals surface area contributed by atoms with Gasteiger partial charge < -0.3 is 4.84 Å². The van der Waals surface area contributed by atoms with Crippen molar-refractivity contribution in [2.75, 3.05) is 7.11 Å². The maximum atomic E-state index is 11.9. The van der Waals surface area contributed by atoms with E-state index in [4.69, 9.17) is 0 Å². The molecule has 0 atom stereocenters. The summed E-state index contributed by atoms with van der Waals surface area (Å²) in [5, 5.41) is 2.73. The molecule has 12 heavy (non-hydrogen) atoms. The number of oxime groups is 1.